The Balaban J connectivity index is 1.44. The predicted octanol–water partition coefficient (Wildman–Crippen LogP) is 3.87. The zero-order chi connectivity index (χ0) is 35.2. The van der Waals surface area contributed by atoms with E-state index in [0.29, 0.717) is 17.0 Å². The van der Waals surface area contributed by atoms with Crippen LogP contribution in [0.3, 0.4) is 0 Å². The van der Waals surface area contributed by atoms with Crippen molar-refractivity contribution in [3.63, 3.8) is 0 Å². The summed E-state index contributed by atoms with van der Waals surface area (Å²) < 4.78 is 72.8. The van der Waals surface area contributed by atoms with Crippen LogP contribution in [0.2, 0.25) is 0 Å². The van der Waals surface area contributed by atoms with E-state index in [9.17, 15) is 31.2 Å². The average Bonchev–Trinajstić information content (AvgIpc) is 3.07. The maximum absolute atomic E-state index is 14.1. The molecule has 1 saturated heterocycles. The van der Waals surface area contributed by atoms with Gasteiger partial charge in [0.15, 0.2) is 5.65 Å². The fourth-order valence-electron chi connectivity index (χ4n) is 5.51. The summed E-state index contributed by atoms with van der Waals surface area (Å²) in [7, 11) is -4.48. The number of aryl methyl sites for hydroxylation is 2. The molecule has 0 bridgehead atoms. The number of hydrogen-bond donors (Lipinski definition) is 2. The van der Waals surface area contributed by atoms with Crippen LogP contribution in [0.25, 0.3) is 11.2 Å². The molecule has 3 heterocycles. The fraction of sp³-hybridized carbons (Fsp3) is 0.375. The number of fused-ring (bicyclic) bond motifs is 1. The van der Waals surface area contributed by atoms with E-state index >= 15 is 0 Å². The number of anilines is 1. The van der Waals surface area contributed by atoms with Crippen molar-refractivity contribution in [2.75, 3.05) is 24.5 Å². The third-order valence-electron chi connectivity index (χ3n) is 7.90. The molecule has 0 aliphatic carbocycles. The smallest absolute Gasteiger partial charge is 0.481 e. The number of halogens is 3. The minimum absolute atomic E-state index is 0.0616. The predicted molar refractivity (Wildman–Crippen MR) is 171 cm³/mol. The second-order valence-electron chi connectivity index (χ2n) is 11.4. The van der Waals surface area contributed by atoms with Crippen molar-refractivity contribution in [2.24, 2.45) is 0 Å². The zero-order valence-corrected chi connectivity index (χ0v) is 27.2. The number of aromatic nitrogens is 4. The normalized spacial score (nSPS) is 15.7. The van der Waals surface area contributed by atoms with Crippen molar-refractivity contribution in [2.45, 2.75) is 62.9 Å². The first-order valence-corrected chi connectivity index (χ1v) is 16.9. The number of sulfonamides is 1. The number of hydrogen-bond acceptors (Lipinski definition) is 10. The number of aliphatic carboxylic acids is 1. The van der Waals surface area contributed by atoms with Crippen LogP contribution in [-0.2, 0) is 39.0 Å². The number of nitrogens with zero attached hydrogens (tertiary/aromatic N) is 6. The van der Waals surface area contributed by atoms with Crippen LogP contribution in [0.4, 0.5) is 19.0 Å². The van der Waals surface area contributed by atoms with Gasteiger partial charge in [-0.3, -0.25) is 9.59 Å². The number of benzene rings is 2. The van der Waals surface area contributed by atoms with E-state index in [-0.39, 0.29) is 55.9 Å². The van der Waals surface area contributed by atoms with Gasteiger partial charge in [0.05, 0.1) is 17.3 Å². The van der Waals surface area contributed by atoms with Gasteiger partial charge in [-0.05, 0) is 54.2 Å². The summed E-state index contributed by atoms with van der Waals surface area (Å²) in [6.07, 6.45) is 0.514. The van der Waals surface area contributed by atoms with Crippen molar-refractivity contribution >= 4 is 38.9 Å². The lowest BCUT2D eigenvalue weighted by Crippen LogP contribution is -2.60. The summed E-state index contributed by atoms with van der Waals surface area (Å²) in [5.41, 5.74) is 2.57. The molecular weight excluding hydrogens is 667 g/mol. The number of carboxylic acid groups (broad SMARTS) is 1. The molecule has 4 aromatic rings. The number of piperazine rings is 1. The second kappa shape index (κ2) is 15.1. The number of carbonyl (C=O) groups excluding carboxylic acids is 1. The Morgan fingerprint density at radius 2 is 1.80 bits per heavy atom. The lowest BCUT2D eigenvalue weighted by atomic mass is 10.1. The number of rotatable bonds is 13. The second-order valence-corrected chi connectivity index (χ2v) is 13.3. The highest BCUT2D eigenvalue weighted by Crippen LogP contribution is 2.32. The van der Waals surface area contributed by atoms with Crippen molar-refractivity contribution in [1.29, 1.82) is 0 Å². The highest BCUT2D eigenvalue weighted by Gasteiger charge is 2.41. The topological polar surface area (TPSA) is 168 Å². The Hall–Kier alpha value is -4.90. The van der Waals surface area contributed by atoms with Crippen LogP contribution in [-0.4, -0.2) is 81.7 Å². The molecule has 1 atom stereocenters. The number of carbonyl (C=O) groups is 2. The van der Waals surface area contributed by atoms with Gasteiger partial charge in [0.25, 0.3) is 0 Å². The molecule has 5 rings (SSSR count). The van der Waals surface area contributed by atoms with Crippen LogP contribution in [0, 0.1) is 0 Å². The number of nitrogens with one attached hydrogen (secondary N) is 1. The SMILES string of the molecule is CCCc1ccc(CNC(=O)C2CN(c3cnc4cncnc4n3)CCN2S(=O)(=O)c2ccc(OC(F)(F)F)c(CCCC(=O)O)c2)cc1. The summed E-state index contributed by atoms with van der Waals surface area (Å²) in [6, 6.07) is 9.32. The molecule has 0 spiro atoms. The fourth-order valence-corrected chi connectivity index (χ4v) is 7.13. The monoisotopic (exact) mass is 701 g/mol. The van der Waals surface area contributed by atoms with Crippen molar-refractivity contribution in [1.82, 2.24) is 29.6 Å². The van der Waals surface area contributed by atoms with Gasteiger partial charge in [-0.15, -0.1) is 13.2 Å². The van der Waals surface area contributed by atoms with Gasteiger partial charge in [0.1, 0.15) is 29.5 Å². The van der Waals surface area contributed by atoms with E-state index in [1.54, 1.807) is 4.90 Å². The Kier molecular flexibility index (Phi) is 10.9. The van der Waals surface area contributed by atoms with E-state index in [2.05, 4.69) is 36.9 Å². The molecule has 1 aliphatic rings. The van der Waals surface area contributed by atoms with Gasteiger partial charge in [0, 0.05) is 32.6 Å². The average molecular weight is 702 g/mol. The quantitative estimate of drug-likeness (QED) is 0.208. The molecule has 49 heavy (non-hydrogen) atoms. The van der Waals surface area contributed by atoms with Crippen molar-refractivity contribution < 1.29 is 41.0 Å². The van der Waals surface area contributed by atoms with Crippen molar-refractivity contribution in [3.8, 4) is 5.75 Å². The highest BCUT2D eigenvalue weighted by atomic mass is 32.2. The maximum atomic E-state index is 14.1. The summed E-state index contributed by atoms with van der Waals surface area (Å²) in [6.45, 7) is 2.01. The molecule has 2 aromatic heterocycles. The van der Waals surface area contributed by atoms with Crippen LogP contribution < -0.4 is 15.0 Å². The van der Waals surface area contributed by atoms with Gasteiger partial charge < -0.3 is 20.1 Å². The van der Waals surface area contributed by atoms with E-state index < -0.39 is 40.1 Å². The third kappa shape index (κ3) is 8.97. The molecular formula is C32H34F3N7O6S. The van der Waals surface area contributed by atoms with Gasteiger partial charge in [0.2, 0.25) is 15.9 Å². The summed E-state index contributed by atoms with van der Waals surface area (Å²) in [4.78, 5) is 43.1. The molecule has 0 radical (unpaired) electrons. The lowest BCUT2D eigenvalue weighted by molar-refractivity contribution is -0.274. The van der Waals surface area contributed by atoms with E-state index in [1.165, 1.54) is 18.7 Å². The minimum atomic E-state index is -5.06. The number of alkyl halides is 3. The number of amides is 1. The molecule has 1 fully saturated rings. The molecule has 17 heteroatoms. The molecule has 1 amide bonds. The summed E-state index contributed by atoms with van der Waals surface area (Å²) in [5, 5.41) is 11.8. The van der Waals surface area contributed by atoms with Crippen LogP contribution in [0.5, 0.6) is 5.75 Å². The Morgan fingerprint density at radius 1 is 1.04 bits per heavy atom. The van der Waals surface area contributed by atoms with Gasteiger partial charge in [-0.1, -0.05) is 37.6 Å². The van der Waals surface area contributed by atoms with Crippen LogP contribution in [0.15, 0.2) is 66.1 Å². The molecule has 1 aliphatic heterocycles. The largest absolute Gasteiger partial charge is 0.573 e. The molecule has 0 saturated carbocycles. The first-order chi connectivity index (χ1) is 23.3. The van der Waals surface area contributed by atoms with E-state index in [4.69, 9.17) is 5.11 Å². The minimum Gasteiger partial charge on any atom is -0.481 e. The Morgan fingerprint density at radius 3 is 2.51 bits per heavy atom. The van der Waals surface area contributed by atoms with Crippen LogP contribution in [0.1, 0.15) is 42.9 Å². The first kappa shape index (κ1) is 35.4. The van der Waals surface area contributed by atoms with E-state index in [1.807, 2.05) is 24.3 Å². The summed E-state index contributed by atoms with van der Waals surface area (Å²) >= 11 is 0. The third-order valence-corrected chi connectivity index (χ3v) is 9.80. The molecule has 1 unspecified atom stereocenters. The highest BCUT2D eigenvalue weighted by molar-refractivity contribution is 7.89. The molecule has 2 aromatic carbocycles. The van der Waals surface area contributed by atoms with Gasteiger partial charge >= 0.3 is 12.3 Å². The number of carboxylic acids is 1. The van der Waals surface area contributed by atoms with Crippen molar-refractivity contribution in [3.05, 3.63) is 77.9 Å². The van der Waals surface area contributed by atoms with E-state index in [0.717, 1.165) is 46.5 Å². The summed E-state index contributed by atoms with van der Waals surface area (Å²) in [5.74, 6) is -2.03. The zero-order valence-electron chi connectivity index (χ0n) is 26.4. The molecule has 2 N–H and O–H groups in total. The van der Waals surface area contributed by atoms with Gasteiger partial charge in [-0.2, -0.15) is 4.31 Å². The number of ether oxygens (including phenoxy) is 1. The first-order valence-electron chi connectivity index (χ1n) is 15.5. The van der Waals surface area contributed by atoms with Gasteiger partial charge in [-0.25, -0.2) is 28.4 Å². The molecule has 13 nitrogen and oxygen atoms in total. The maximum Gasteiger partial charge on any atom is 0.573 e. The lowest BCUT2D eigenvalue weighted by Gasteiger charge is -2.40. The Bertz CT molecular complexity index is 1910. The molecule has 260 valence electrons. The standard InChI is InChI=1S/C32H34F3N7O6S/c1-2-4-21-7-9-22(10-8-21)16-38-31(45)26-19-41(28-18-37-25-17-36-20-39-30(25)40-28)13-14-42(26)49(46,47)24-11-12-27(48-32(33,34)35)23(15-24)5-3-6-29(43)44/h7-12,15,17-18,20,26H,2-6,13-14,16,19H2,1H3,(H,38,45)(H,43,44). The Labute approximate surface area is 280 Å². The van der Waals surface area contributed by atoms with Crippen LogP contribution >= 0.6 is 0 Å².